The lowest BCUT2D eigenvalue weighted by Crippen LogP contribution is -1.97. The summed E-state index contributed by atoms with van der Waals surface area (Å²) in [6.07, 6.45) is 9.29. The minimum atomic E-state index is 0.642. The first-order valence-corrected chi connectivity index (χ1v) is 17.2. The summed E-state index contributed by atoms with van der Waals surface area (Å²) < 4.78 is 0. The molecule has 5 aromatic carbocycles. The van der Waals surface area contributed by atoms with Crippen molar-refractivity contribution in [2.75, 3.05) is 0 Å². The largest absolute Gasteiger partial charge is 0.264 e. The van der Waals surface area contributed by atoms with Crippen LogP contribution in [0.1, 0.15) is 0 Å². The second kappa shape index (κ2) is 13.7. The fraction of sp³-hybridized carbons (Fsp3) is 0. The molecular weight excluding hydrogens is 635 g/mol. The SMILES string of the molecule is c1ccc(-c2cc(-c3cnc4ccccc4c3)nc(-c3cc(-c4ccc(-c5cccnc5)cc4)cc(-c4cccc(-c5cccnc5)c4)c3)n2)cc1. The van der Waals surface area contributed by atoms with Crippen molar-refractivity contribution in [3.8, 4) is 78.4 Å². The van der Waals surface area contributed by atoms with E-state index in [1.165, 1.54) is 0 Å². The zero-order valence-corrected chi connectivity index (χ0v) is 28.1. The average molecular weight is 666 g/mol. The van der Waals surface area contributed by atoms with E-state index in [1.807, 2.05) is 67.1 Å². The summed E-state index contributed by atoms with van der Waals surface area (Å²) in [5.41, 5.74) is 14.2. The highest BCUT2D eigenvalue weighted by atomic mass is 14.9. The van der Waals surface area contributed by atoms with Gasteiger partial charge in [0.1, 0.15) is 0 Å². The van der Waals surface area contributed by atoms with Crippen LogP contribution in [0.2, 0.25) is 0 Å². The Balaban J connectivity index is 1.23. The molecule has 244 valence electrons. The van der Waals surface area contributed by atoms with E-state index in [0.717, 1.165) is 83.5 Å². The highest BCUT2D eigenvalue weighted by Gasteiger charge is 2.15. The number of hydrogen-bond donors (Lipinski definition) is 0. The topological polar surface area (TPSA) is 64.5 Å². The van der Waals surface area contributed by atoms with Gasteiger partial charge in [-0.3, -0.25) is 15.0 Å². The van der Waals surface area contributed by atoms with E-state index in [9.17, 15) is 0 Å². The molecule has 9 aromatic rings. The molecule has 52 heavy (non-hydrogen) atoms. The Morgan fingerprint density at radius 2 is 0.846 bits per heavy atom. The molecule has 9 rings (SSSR count). The monoisotopic (exact) mass is 665 g/mol. The highest BCUT2D eigenvalue weighted by molar-refractivity contribution is 5.85. The van der Waals surface area contributed by atoms with E-state index >= 15 is 0 Å². The Hall–Kier alpha value is -7.11. The summed E-state index contributed by atoms with van der Waals surface area (Å²) in [4.78, 5) is 23.9. The van der Waals surface area contributed by atoms with Gasteiger partial charge in [0.25, 0.3) is 0 Å². The van der Waals surface area contributed by atoms with Gasteiger partial charge < -0.3 is 0 Å². The fourth-order valence-electron chi connectivity index (χ4n) is 6.58. The van der Waals surface area contributed by atoms with Crippen LogP contribution in [0.5, 0.6) is 0 Å². The van der Waals surface area contributed by atoms with Crippen LogP contribution in [0.4, 0.5) is 0 Å². The number of pyridine rings is 3. The third-order valence-corrected chi connectivity index (χ3v) is 9.28. The van der Waals surface area contributed by atoms with Crippen molar-refractivity contribution in [2.24, 2.45) is 0 Å². The van der Waals surface area contributed by atoms with E-state index in [1.54, 1.807) is 12.4 Å². The minimum Gasteiger partial charge on any atom is -0.264 e. The molecule has 0 saturated heterocycles. The maximum Gasteiger partial charge on any atom is 0.160 e. The lowest BCUT2D eigenvalue weighted by atomic mass is 9.93. The zero-order valence-electron chi connectivity index (χ0n) is 28.1. The van der Waals surface area contributed by atoms with Gasteiger partial charge in [-0.1, -0.05) is 103 Å². The van der Waals surface area contributed by atoms with Gasteiger partial charge in [0.15, 0.2) is 5.82 Å². The molecule has 0 bridgehead atoms. The van der Waals surface area contributed by atoms with Crippen molar-refractivity contribution in [3.05, 3.63) is 189 Å². The van der Waals surface area contributed by atoms with Crippen LogP contribution in [0.15, 0.2) is 189 Å². The maximum absolute atomic E-state index is 5.23. The summed E-state index contributed by atoms with van der Waals surface area (Å²) in [6, 6.07) is 54.6. The predicted octanol–water partition coefficient (Wildman–Crippen LogP) is 11.5. The van der Waals surface area contributed by atoms with Crippen molar-refractivity contribution in [2.45, 2.75) is 0 Å². The number of para-hydroxylation sites is 1. The molecule has 4 aromatic heterocycles. The second-order valence-corrected chi connectivity index (χ2v) is 12.7. The summed E-state index contributed by atoms with van der Waals surface area (Å²) in [6.45, 7) is 0. The number of fused-ring (bicyclic) bond motifs is 1. The normalized spacial score (nSPS) is 11.1. The number of hydrogen-bond acceptors (Lipinski definition) is 5. The molecule has 0 N–H and O–H groups in total. The number of nitrogens with zero attached hydrogens (tertiary/aromatic N) is 5. The lowest BCUT2D eigenvalue weighted by Gasteiger charge is -2.14. The van der Waals surface area contributed by atoms with Crippen LogP contribution >= 0.6 is 0 Å². The lowest BCUT2D eigenvalue weighted by molar-refractivity contribution is 1.18. The Kier molecular flexibility index (Phi) is 8.12. The van der Waals surface area contributed by atoms with Crippen LogP contribution in [0, 0.1) is 0 Å². The molecule has 0 fully saturated rings. The second-order valence-electron chi connectivity index (χ2n) is 12.7. The maximum atomic E-state index is 5.23. The number of rotatable bonds is 7. The van der Waals surface area contributed by atoms with E-state index in [0.29, 0.717) is 5.82 Å². The number of aromatic nitrogens is 5. The van der Waals surface area contributed by atoms with Gasteiger partial charge in [0.05, 0.1) is 16.9 Å². The summed E-state index contributed by atoms with van der Waals surface area (Å²) in [7, 11) is 0. The molecule has 0 aliphatic heterocycles. The molecule has 0 spiro atoms. The molecule has 0 atom stereocenters. The quantitative estimate of drug-likeness (QED) is 0.169. The third-order valence-electron chi connectivity index (χ3n) is 9.28. The Morgan fingerprint density at radius 3 is 1.56 bits per heavy atom. The van der Waals surface area contributed by atoms with Crippen molar-refractivity contribution < 1.29 is 0 Å². The van der Waals surface area contributed by atoms with Crippen molar-refractivity contribution in [3.63, 3.8) is 0 Å². The molecule has 0 radical (unpaired) electrons. The van der Waals surface area contributed by atoms with E-state index in [2.05, 4.69) is 119 Å². The van der Waals surface area contributed by atoms with Gasteiger partial charge in [-0.2, -0.15) is 0 Å². The molecule has 0 saturated carbocycles. The standard InChI is InChI=1S/C47H31N5/c1-2-9-34(10-3-1)45-28-46(43-24-37-11-4-5-16-44(37)50-31-43)52-47(51-45)42-26-40(33-19-17-32(18-20-33)38-14-7-21-48-29-38)25-41(27-42)36-13-6-12-35(23-36)39-15-8-22-49-30-39/h1-31H. The summed E-state index contributed by atoms with van der Waals surface area (Å²) in [5.74, 6) is 0.642. The molecule has 5 heteroatoms. The Labute approximate surface area is 302 Å². The van der Waals surface area contributed by atoms with Crippen molar-refractivity contribution in [1.82, 2.24) is 24.9 Å². The van der Waals surface area contributed by atoms with E-state index in [-0.39, 0.29) is 0 Å². The Bertz CT molecular complexity index is 2660. The van der Waals surface area contributed by atoms with Gasteiger partial charge >= 0.3 is 0 Å². The van der Waals surface area contributed by atoms with E-state index < -0.39 is 0 Å². The molecule has 0 aliphatic carbocycles. The molecule has 0 unspecified atom stereocenters. The molecule has 0 aliphatic rings. The molecule has 4 heterocycles. The predicted molar refractivity (Wildman–Crippen MR) is 211 cm³/mol. The van der Waals surface area contributed by atoms with E-state index in [4.69, 9.17) is 15.0 Å². The van der Waals surface area contributed by atoms with Gasteiger partial charge in [0, 0.05) is 58.6 Å². The van der Waals surface area contributed by atoms with Crippen LogP contribution in [-0.2, 0) is 0 Å². The van der Waals surface area contributed by atoms with Gasteiger partial charge in [0.2, 0.25) is 0 Å². The average Bonchev–Trinajstić information content (AvgIpc) is 3.24. The van der Waals surface area contributed by atoms with Crippen LogP contribution in [0.3, 0.4) is 0 Å². The van der Waals surface area contributed by atoms with Crippen LogP contribution < -0.4 is 0 Å². The molecule has 0 amide bonds. The van der Waals surface area contributed by atoms with Gasteiger partial charge in [-0.25, -0.2) is 9.97 Å². The Morgan fingerprint density at radius 1 is 0.308 bits per heavy atom. The van der Waals surface area contributed by atoms with Gasteiger partial charge in [-0.15, -0.1) is 0 Å². The fourth-order valence-corrected chi connectivity index (χ4v) is 6.58. The first-order valence-electron chi connectivity index (χ1n) is 17.2. The van der Waals surface area contributed by atoms with Crippen molar-refractivity contribution in [1.29, 1.82) is 0 Å². The van der Waals surface area contributed by atoms with Crippen LogP contribution in [0.25, 0.3) is 89.3 Å². The third kappa shape index (κ3) is 6.35. The van der Waals surface area contributed by atoms with Crippen LogP contribution in [-0.4, -0.2) is 24.9 Å². The van der Waals surface area contributed by atoms with Crippen molar-refractivity contribution >= 4 is 10.9 Å². The first kappa shape index (κ1) is 30.9. The highest BCUT2D eigenvalue weighted by Crippen LogP contribution is 2.36. The van der Waals surface area contributed by atoms with Gasteiger partial charge in [-0.05, 0) is 93.5 Å². The summed E-state index contributed by atoms with van der Waals surface area (Å²) >= 11 is 0. The first-order chi connectivity index (χ1) is 25.7. The molecular formula is C47H31N5. The number of benzene rings is 5. The smallest absolute Gasteiger partial charge is 0.160 e. The minimum absolute atomic E-state index is 0.642. The zero-order chi connectivity index (χ0) is 34.7. The molecule has 5 nitrogen and oxygen atoms in total. The summed E-state index contributed by atoms with van der Waals surface area (Å²) in [5, 5.41) is 1.06.